The van der Waals surface area contributed by atoms with Crippen LogP contribution in [0, 0.1) is 0 Å². The maximum atomic E-state index is 15.1. The zero-order valence-corrected chi connectivity index (χ0v) is 26.8. The van der Waals surface area contributed by atoms with E-state index >= 15 is 4.79 Å². The van der Waals surface area contributed by atoms with Crippen LogP contribution in [-0.4, -0.2) is 22.0 Å². The van der Waals surface area contributed by atoms with Crippen LogP contribution in [0.2, 0.25) is 10.0 Å². The van der Waals surface area contributed by atoms with Gasteiger partial charge in [-0.15, -0.1) is 10.2 Å². The largest absolute Gasteiger partial charge is 0.450 e. The van der Waals surface area contributed by atoms with Crippen molar-refractivity contribution in [3.05, 3.63) is 145 Å². The Morgan fingerprint density at radius 2 is 1.63 bits per heavy atom. The molecule has 2 aromatic heterocycles. The Labute approximate surface area is 280 Å². The van der Waals surface area contributed by atoms with Gasteiger partial charge in [-0.3, -0.25) is 19.3 Å². The molecule has 1 unspecified atom stereocenters. The molecule has 1 spiro atoms. The minimum absolute atomic E-state index is 0.0833. The maximum Gasteiger partial charge on any atom is 0.297 e. The highest BCUT2D eigenvalue weighted by molar-refractivity contribution is 8.00. The second kappa shape index (κ2) is 11.1. The van der Waals surface area contributed by atoms with Crippen LogP contribution in [0.4, 0.5) is 10.8 Å². The highest BCUT2D eigenvalue weighted by Crippen LogP contribution is 2.55. The van der Waals surface area contributed by atoms with E-state index in [0.717, 1.165) is 5.56 Å². The lowest BCUT2D eigenvalue weighted by Crippen LogP contribution is -2.53. The highest BCUT2D eigenvalue weighted by Gasteiger charge is 2.66. The number of para-hydroxylation sites is 1. The number of halogens is 2. The number of nitrogens with zero attached hydrogens (tertiary/aromatic N) is 4. The summed E-state index contributed by atoms with van der Waals surface area (Å²) in [6.07, 6.45) is 0. The minimum atomic E-state index is -1.91. The minimum Gasteiger partial charge on any atom is -0.450 e. The predicted molar refractivity (Wildman–Crippen MR) is 180 cm³/mol. The number of anilines is 2. The van der Waals surface area contributed by atoms with Gasteiger partial charge in [0.25, 0.3) is 11.8 Å². The second-order valence-electron chi connectivity index (χ2n) is 10.8. The molecule has 6 aromatic rings. The summed E-state index contributed by atoms with van der Waals surface area (Å²) in [5, 5.41) is 9.89. The summed E-state index contributed by atoms with van der Waals surface area (Å²) in [5.74, 6) is -0.768. The summed E-state index contributed by atoms with van der Waals surface area (Å²) in [4.78, 5) is 46.9. The van der Waals surface area contributed by atoms with Crippen molar-refractivity contribution in [2.24, 2.45) is 0 Å². The van der Waals surface area contributed by atoms with E-state index in [1.54, 1.807) is 47.4 Å². The Hall–Kier alpha value is -4.48. The summed E-state index contributed by atoms with van der Waals surface area (Å²) in [7, 11) is 0. The molecule has 46 heavy (non-hydrogen) atoms. The molecule has 2 aliphatic heterocycles. The van der Waals surface area contributed by atoms with Crippen LogP contribution in [0.25, 0.3) is 11.0 Å². The topological polar surface area (TPSA) is 96.6 Å². The van der Waals surface area contributed by atoms with Crippen molar-refractivity contribution in [1.82, 2.24) is 10.2 Å². The van der Waals surface area contributed by atoms with E-state index in [1.165, 1.54) is 34.1 Å². The van der Waals surface area contributed by atoms with Crippen molar-refractivity contribution in [3.8, 4) is 0 Å². The first-order valence-corrected chi connectivity index (χ1v) is 16.7. The smallest absolute Gasteiger partial charge is 0.297 e. The lowest BCUT2D eigenvalue weighted by molar-refractivity contribution is -0.121. The molecular weight excluding hydrogens is 663 g/mol. The molecule has 4 heterocycles. The zero-order chi connectivity index (χ0) is 31.6. The van der Waals surface area contributed by atoms with Gasteiger partial charge in [0.1, 0.15) is 5.58 Å². The molecule has 12 heteroatoms. The van der Waals surface area contributed by atoms with Gasteiger partial charge >= 0.3 is 0 Å². The quantitative estimate of drug-likeness (QED) is 0.131. The summed E-state index contributed by atoms with van der Waals surface area (Å²) in [6.45, 7) is 0.105. The summed E-state index contributed by atoms with van der Waals surface area (Å²) < 4.78 is 6.75. The molecule has 4 aromatic carbocycles. The van der Waals surface area contributed by atoms with E-state index in [9.17, 15) is 9.59 Å². The van der Waals surface area contributed by atoms with E-state index < -0.39 is 22.8 Å². The Morgan fingerprint density at radius 1 is 0.870 bits per heavy atom. The lowest BCUT2D eigenvalue weighted by Gasteiger charge is -2.32. The number of rotatable bonds is 6. The van der Waals surface area contributed by atoms with E-state index in [0.29, 0.717) is 37.0 Å². The third kappa shape index (κ3) is 4.32. The van der Waals surface area contributed by atoms with Gasteiger partial charge in [-0.2, -0.15) is 0 Å². The number of carbonyl (C=O) groups excluding carboxylic acids is 2. The number of benzene rings is 4. The summed E-state index contributed by atoms with van der Waals surface area (Å²) in [6, 6.07) is 28.9. The number of thioether (sulfide) groups is 1. The van der Waals surface area contributed by atoms with Gasteiger partial charge in [0.15, 0.2) is 15.3 Å². The van der Waals surface area contributed by atoms with Crippen LogP contribution in [-0.2, 0) is 22.6 Å². The van der Waals surface area contributed by atoms with Crippen molar-refractivity contribution in [3.63, 3.8) is 0 Å². The molecule has 0 fully saturated rings. The third-order valence-electron chi connectivity index (χ3n) is 8.16. The van der Waals surface area contributed by atoms with E-state index in [2.05, 4.69) is 10.2 Å². The van der Waals surface area contributed by atoms with Gasteiger partial charge in [-0.1, -0.05) is 113 Å². The standard InChI is InChI=1S/C34H20Cl2N4O4S2/c35-21-14-15-26-22(16-21)28(41)27-29(44-26)30(42)40(32-37-38-33(46-32)45-18-19-8-2-1-3-9-19)34(27)23-11-5-7-13-25(23)39(31(34)43)17-20-10-4-6-12-24(20)36/h1-16H,17-18H2. The van der Waals surface area contributed by atoms with Crippen molar-refractivity contribution >= 4 is 79.9 Å². The maximum absolute atomic E-state index is 15.1. The number of fused-ring (bicyclic) bond motifs is 5. The molecular formula is C34H20Cl2N4O4S2. The first-order valence-electron chi connectivity index (χ1n) is 14.1. The Kier molecular flexibility index (Phi) is 6.99. The fourth-order valence-electron chi connectivity index (χ4n) is 6.16. The number of amides is 2. The second-order valence-corrected chi connectivity index (χ2v) is 13.8. The summed E-state index contributed by atoms with van der Waals surface area (Å²) in [5.41, 5.74) is 0.437. The number of aromatic nitrogens is 2. The molecule has 2 aliphatic rings. The van der Waals surface area contributed by atoms with Crippen LogP contribution in [0.5, 0.6) is 0 Å². The van der Waals surface area contributed by atoms with Crippen LogP contribution >= 0.6 is 46.3 Å². The molecule has 0 saturated carbocycles. The average molecular weight is 684 g/mol. The van der Waals surface area contributed by atoms with Crippen molar-refractivity contribution in [2.45, 2.75) is 22.2 Å². The fraction of sp³-hybridized carbons (Fsp3) is 0.0882. The first kappa shape index (κ1) is 29.0. The third-order valence-corrected chi connectivity index (χ3v) is 10.9. The SMILES string of the molecule is O=C1c2oc3ccc(Cl)cc3c(=O)c2C2(C(=O)N(Cc3ccccc3Cl)c3ccccc32)N1c1nnc(SCc2ccccc2)s1. The monoisotopic (exact) mass is 682 g/mol. The number of hydrogen-bond acceptors (Lipinski definition) is 8. The van der Waals surface area contributed by atoms with Crippen LogP contribution in [0.3, 0.4) is 0 Å². The number of hydrogen-bond donors (Lipinski definition) is 0. The van der Waals surface area contributed by atoms with Crippen LogP contribution in [0.15, 0.2) is 111 Å². The van der Waals surface area contributed by atoms with Crippen LogP contribution < -0.4 is 15.2 Å². The van der Waals surface area contributed by atoms with Gasteiger partial charge in [0.05, 0.1) is 23.2 Å². The van der Waals surface area contributed by atoms with Crippen molar-refractivity contribution in [1.29, 1.82) is 0 Å². The number of carbonyl (C=O) groups is 2. The molecule has 0 N–H and O–H groups in total. The molecule has 1 atom stereocenters. The van der Waals surface area contributed by atoms with Crippen molar-refractivity contribution < 1.29 is 14.0 Å². The van der Waals surface area contributed by atoms with Crippen LogP contribution in [0.1, 0.15) is 32.8 Å². The van der Waals surface area contributed by atoms with Gasteiger partial charge in [0.2, 0.25) is 10.9 Å². The van der Waals surface area contributed by atoms with Crippen molar-refractivity contribution in [2.75, 3.05) is 9.80 Å². The lowest BCUT2D eigenvalue weighted by atomic mass is 9.84. The first-order chi connectivity index (χ1) is 22.4. The fourth-order valence-corrected chi connectivity index (χ4v) is 8.38. The molecule has 0 radical (unpaired) electrons. The molecule has 0 saturated heterocycles. The molecule has 226 valence electrons. The van der Waals surface area contributed by atoms with Gasteiger partial charge in [-0.05, 0) is 41.5 Å². The van der Waals surface area contributed by atoms with Gasteiger partial charge < -0.3 is 9.32 Å². The molecule has 8 rings (SSSR count). The molecule has 8 nitrogen and oxygen atoms in total. The average Bonchev–Trinajstić information content (AvgIpc) is 3.71. The Bertz CT molecular complexity index is 2280. The zero-order valence-electron chi connectivity index (χ0n) is 23.6. The summed E-state index contributed by atoms with van der Waals surface area (Å²) >= 11 is 15.5. The Balaban J connectivity index is 1.34. The highest BCUT2D eigenvalue weighted by atomic mass is 35.5. The van der Waals surface area contributed by atoms with E-state index in [4.69, 9.17) is 27.6 Å². The molecule has 0 bridgehead atoms. The molecule has 2 amide bonds. The van der Waals surface area contributed by atoms with E-state index in [-0.39, 0.29) is 34.0 Å². The van der Waals surface area contributed by atoms with Gasteiger partial charge in [-0.25, -0.2) is 0 Å². The predicted octanol–water partition coefficient (Wildman–Crippen LogP) is 7.69. The normalized spacial score (nSPS) is 16.9. The molecule has 0 aliphatic carbocycles. The van der Waals surface area contributed by atoms with Gasteiger partial charge in [0, 0.05) is 21.4 Å². The Morgan fingerprint density at radius 3 is 2.46 bits per heavy atom. The van der Waals surface area contributed by atoms with E-state index in [1.807, 2.05) is 48.5 Å².